The van der Waals surface area contributed by atoms with Crippen LogP contribution in [0, 0.1) is 0 Å². The van der Waals surface area contributed by atoms with Crippen LogP contribution in [0.5, 0.6) is 0 Å². The molecule has 0 bridgehead atoms. The molecule has 0 saturated carbocycles. The Labute approximate surface area is 127 Å². The summed E-state index contributed by atoms with van der Waals surface area (Å²) in [5.74, 6) is 0.608. The summed E-state index contributed by atoms with van der Waals surface area (Å²) in [5, 5.41) is 6.27. The van der Waals surface area contributed by atoms with Gasteiger partial charge in [0.15, 0.2) is 11.2 Å². The number of hydrogen-bond acceptors (Lipinski definition) is 5. The highest BCUT2D eigenvalue weighted by Crippen LogP contribution is 2.29. The van der Waals surface area contributed by atoms with Gasteiger partial charge in [-0.1, -0.05) is 0 Å². The van der Waals surface area contributed by atoms with E-state index in [2.05, 4.69) is 10.1 Å². The van der Waals surface area contributed by atoms with E-state index < -0.39 is 0 Å². The average molecular weight is 304 g/mol. The first-order chi connectivity index (χ1) is 10.4. The lowest BCUT2D eigenvalue weighted by Crippen LogP contribution is -2.40. The molecule has 1 aliphatic heterocycles. The van der Waals surface area contributed by atoms with Gasteiger partial charge in [-0.2, -0.15) is 10.1 Å². The third kappa shape index (κ3) is 1.69. The third-order valence-corrected chi connectivity index (χ3v) is 4.27. The zero-order valence-electron chi connectivity index (χ0n) is 13.5. The molecule has 0 amide bonds. The number of fused-ring (bicyclic) bond motifs is 3. The highest BCUT2D eigenvalue weighted by molar-refractivity contribution is 5.90. The van der Waals surface area contributed by atoms with Crippen molar-refractivity contribution in [3.63, 3.8) is 0 Å². The van der Waals surface area contributed by atoms with E-state index in [4.69, 9.17) is 0 Å². The molecule has 3 heterocycles. The van der Waals surface area contributed by atoms with Crippen molar-refractivity contribution in [3.8, 4) is 0 Å². The summed E-state index contributed by atoms with van der Waals surface area (Å²) < 4.78 is 4.55. The second-order valence-electron chi connectivity index (χ2n) is 5.48. The second-order valence-corrected chi connectivity index (χ2v) is 5.48. The van der Waals surface area contributed by atoms with Crippen molar-refractivity contribution in [1.29, 1.82) is 0 Å². The summed E-state index contributed by atoms with van der Waals surface area (Å²) >= 11 is 0. The van der Waals surface area contributed by atoms with Crippen LogP contribution >= 0.6 is 0 Å². The van der Waals surface area contributed by atoms with Gasteiger partial charge in [0.2, 0.25) is 5.95 Å². The molecule has 8 heteroatoms. The molecule has 22 heavy (non-hydrogen) atoms. The summed E-state index contributed by atoms with van der Waals surface area (Å²) in [6.45, 7) is 8.65. The summed E-state index contributed by atoms with van der Waals surface area (Å²) in [5.41, 5.74) is 1.13. The van der Waals surface area contributed by atoms with Gasteiger partial charge < -0.3 is 0 Å². The van der Waals surface area contributed by atoms with Gasteiger partial charge in [0.1, 0.15) is 0 Å². The topological polar surface area (TPSA) is 77.4 Å². The van der Waals surface area contributed by atoms with Crippen LogP contribution < -0.4 is 16.3 Å². The first-order valence-corrected chi connectivity index (χ1v) is 7.46. The smallest absolute Gasteiger partial charge is 0.294 e. The van der Waals surface area contributed by atoms with E-state index in [0.717, 1.165) is 5.71 Å². The Hall–Kier alpha value is -2.38. The maximum atomic E-state index is 12.7. The van der Waals surface area contributed by atoms with E-state index in [0.29, 0.717) is 30.2 Å². The second kappa shape index (κ2) is 4.82. The Balaban J connectivity index is 2.50. The Bertz CT molecular complexity index is 901. The minimum atomic E-state index is -0.344. The van der Waals surface area contributed by atoms with E-state index in [1.807, 2.05) is 25.3 Å². The molecule has 0 aliphatic carbocycles. The molecule has 1 unspecified atom stereocenters. The van der Waals surface area contributed by atoms with Crippen LogP contribution in [-0.4, -0.2) is 30.9 Å². The number of anilines is 1. The van der Waals surface area contributed by atoms with Gasteiger partial charge >= 0.3 is 5.69 Å². The number of aromatic nitrogens is 4. The number of hydrogen-bond donors (Lipinski definition) is 0. The number of nitrogens with zero attached hydrogens (tertiary/aromatic N) is 6. The highest BCUT2D eigenvalue weighted by atomic mass is 16.2. The quantitative estimate of drug-likeness (QED) is 0.818. The Morgan fingerprint density at radius 2 is 1.86 bits per heavy atom. The fourth-order valence-corrected chi connectivity index (χ4v) is 2.87. The molecular weight excluding hydrogens is 284 g/mol. The Morgan fingerprint density at radius 1 is 1.18 bits per heavy atom. The molecule has 2 aromatic heterocycles. The van der Waals surface area contributed by atoms with Crippen LogP contribution in [0.3, 0.4) is 0 Å². The largest absolute Gasteiger partial charge is 0.332 e. The minimum absolute atomic E-state index is 0.0710. The molecule has 1 atom stereocenters. The molecule has 0 radical (unpaired) electrons. The van der Waals surface area contributed by atoms with Crippen LogP contribution in [0.15, 0.2) is 14.7 Å². The molecule has 8 nitrogen and oxygen atoms in total. The molecule has 0 saturated heterocycles. The number of rotatable bonds is 2. The predicted molar refractivity (Wildman–Crippen MR) is 85.7 cm³/mol. The van der Waals surface area contributed by atoms with Crippen molar-refractivity contribution >= 4 is 22.8 Å². The summed E-state index contributed by atoms with van der Waals surface area (Å²) in [7, 11) is 1.64. The highest BCUT2D eigenvalue weighted by Gasteiger charge is 2.29. The molecular formula is C14H20N6O2. The fourth-order valence-electron chi connectivity index (χ4n) is 2.87. The number of hydrazone groups is 1. The summed E-state index contributed by atoms with van der Waals surface area (Å²) in [6.07, 6.45) is 0. The third-order valence-electron chi connectivity index (χ3n) is 4.27. The number of aryl methyl sites for hydroxylation is 1. The van der Waals surface area contributed by atoms with E-state index in [1.54, 1.807) is 19.0 Å². The lowest BCUT2D eigenvalue weighted by Gasteiger charge is -2.28. The lowest BCUT2D eigenvalue weighted by atomic mass is 10.2. The van der Waals surface area contributed by atoms with E-state index in [1.165, 1.54) is 9.13 Å². The summed E-state index contributed by atoms with van der Waals surface area (Å²) in [4.78, 5) is 29.5. The van der Waals surface area contributed by atoms with E-state index in [9.17, 15) is 9.59 Å². The van der Waals surface area contributed by atoms with E-state index in [-0.39, 0.29) is 17.3 Å². The van der Waals surface area contributed by atoms with Gasteiger partial charge in [-0.15, -0.1) is 0 Å². The van der Waals surface area contributed by atoms with Gasteiger partial charge in [0.05, 0.1) is 11.8 Å². The zero-order valence-corrected chi connectivity index (χ0v) is 13.5. The van der Waals surface area contributed by atoms with Crippen molar-refractivity contribution in [2.45, 2.75) is 40.3 Å². The Kier molecular flexibility index (Phi) is 3.19. The van der Waals surface area contributed by atoms with Gasteiger partial charge in [0, 0.05) is 20.1 Å². The Morgan fingerprint density at radius 3 is 2.45 bits per heavy atom. The van der Waals surface area contributed by atoms with Crippen LogP contribution in [0.2, 0.25) is 0 Å². The first kappa shape index (κ1) is 14.6. The van der Waals surface area contributed by atoms with E-state index >= 15 is 0 Å². The minimum Gasteiger partial charge on any atom is -0.294 e. The zero-order chi connectivity index (χ0) is 16.2. The van der Waals surface area contributed by atoms with Crippen molar-refractivity contribution in [2.75, 3.05) is 11.6 Å². The fraction of sp³-hybridized carbons (Fsp3) is 0.571. The molecule has 2 aromatic rings. The monoisotopic (exact) mass is 304 g/mol. The normalized spacial score (nSPS) is 17.8. The summed E-state index contributed by atoms with van der Waals surface area (Å²) in [6, 6.07) is -0.0710. The molecule has 0 fully saturated rings. The maximum absolute atomic E-state index is 12.7. The lowest BCUT2D eigenvalue weighted by molar-refractivity contribution is 0.621. The molecule has 118 valence electrons. The SMILES string of the molecule is CCN1N=C(C)C(C)n2c1nc1c2c(=O)n(CC)c(=O)n1C. The molecule has 0 N–H and O–H groups in total. The van der Waals surface area contributed by atoms with Gasteiger partial charge in [-0.3, -0.25) is 18.5 Å². The maximum Gasteiger partial charge on any atom is 0.332 e. The van der Waals surface area contributed by atoms with Crippen molar-refractivity contribution < 1.29 is 0 Å². The average Bonchev–Trinajstić information content (AvgIpc) is 2.90. The standard InChI is InChI=1S/C14H20N6O2/c1-6-18-12(21)10-11(17(5)14(18)22)15-13-19(7-2)16-8(3)9(4)20(10)13/h9H,6-7H2,1-5H3. The predicted octanol–water partition coefficient (Wildman–Crippen LogP) is 0.693. The number of imidazole rings is 1. The molecule has 0 aromatic carbocycles. The van der Waals surface area contributed by atoms with Crippen LogP contribution in [0.4, 0.5) is 5.95 Å². The molecule has 1 aliphatic rings. The van der Waals surface area contributed by atoms with Gasteiger partial charge in [-0.25, -0.2) is 9.80 Å². The first-order valence-electron chi connectivity index (χ1n) is 7.46. The molecule has 3 rings (SSSR count). The van der Waals surface area contributed by atoms with Gasteiger partial charge in [0.25, 0.3) is 5.56 Å². The molecule has 0 spiro atoms. The van der Waals surface area contributed by atoms with Crippen molar-refractivity contribution in [3.05, 3.63) is 20.8 Å². The van der Waals surface area contributed by atoms with Crippen LogP contribution in [-0.2, 0) is 13.6 Å². The van der Waals surface area contributed by atoms with Crippen LogP contribution in [0.25, 0.3) is 11.2 Å². The van der Waals surface area contributed by atoms with Crippen molar-refractivity contribution in [2.24, 2.45) is 12.1 Å². The van der Waals surface area contributed by atoms with Crippen LogP contribution in [0.1, 0.15) is 33.7 Å². The van der Waals surface area contributed by atoms with Gasteiger partial charge in [-0.05, 0) is 27.7 Å². The van der Waals surface area contributed by atoms with Crippen molar-refractivity contribution in [1.82, 2.24) is 18.7 Å².